The minimum absolute atomic E-state index is 0.644. The van der Waals surface area contributed by atoms with Gasteiger partial charge in [0.2, 0.25) is 0 Å². The lowest BCUT2D eigenvalue weighted by molar-refractivity contribution is 0.0876. The maximum Gasteiger partial charge on any atom is 0.397 e. The molecule has 0 aliphatic rings. The second-order valence-electron chi connectivity index (χ2n) is 8.32. The van der Waals surface area contributed by atoms with Crippen molar-refractivity contribution in [3.05, 3.63) is 0 Å². The highest BCUT2D eigenvalue weighted by Crippen LogP contribution is 2.21. The highest BCUT2D eigenvalue weighted by Gasteiger charge is 2.24. The molecule has 0 spiro atoms. The number of hydrogen-bond donors (Lipinski definition) is 1. The lowest BCUT2D eigenvalue weighted by Gasteiger charge is -2.22. The van der Waals surface area contributed by atoms with E-state index in [-0.39, 0.29) is 0 Å². The Hall–Kier alpha value is -0.130. The molecule has 0 amide bonds. The maximum atomic E-state index is 10.8. The summed E-state index contributed by atoms with van der Waals surface area (Å²) in [6, 6.07) is 0. The lowest BCUT2D eigenvalue weighted by Crippen LogP contribution is -2.27. The normalized spacial score (nSPS) is 12.6. The standard InChI is InChI=1S/C21H44O4S/c1-4-5-6-7-8-9-10-11-12-13-14-15-16-17-18-19-20-21(2,3)25-26(22,23)24/h4-20H2,1-3H3,(H,22,23,24). The van der Waals surface area contributed by atoms with E-state index in [4.69, 9.17) is 4.55 Å². The molecule has 0 fully saturated rings. The topological polar surface area (TPSA) is 63.6 Å². The molecule has 0 atom stereocenters. The van der Waals surface area contributed by atoms with Gasteiger partial charge in [-0.2, -0.15) is 8.42 Å². The van der Waals surface area contributed by atoms with Gasteiger partial charge in [-0.25, -0.2) is 4.18 Å². The van der Waals surface area contributed by atoms with Crippen LogP contribution in [0.5, 0.6) is 0 Å². The summed E-state index contributed by atoms with van der Waals surface area (Å²) < 4.78 is 34.9. The van der Waals surface area contributed by atoms with Gasteiger partial charge in [-0.3, -0.25) is 4.55 Å². The van der Waals surface area contributed by atoms with Crippen molar-refractivity contribution in [2.45, 2.75) is 136 Å². The van der Waals surface area contributed by atoms with E-state index >= 15 is 0 Å². The van der Waals surface area contributed by atoms with E-state index in [1.54, 1.807) is 13.8 Å². The van der Waals surface area contributed by atoms with Crippen molar-refractivity contribution in [3.63, 3.8) is 0 Å². The minimum Gasteiger partial charge on any atom is -0.264 e. The van der Waals surface area contributed by atoms with Crippen LogP contribution in [0, 0.1) is 0 Å². The molecule has 26 heavy (non-hydrogen) atoms. The van der Waals surface area contributed by atoms with Crippen LogP contribution in [-0.2, 0) is 14.6 Å². The van der Waals surface area contributed by atoms with Crippen LogP contribution in [0.3, 0.4) is 0 Å². The van der Waals surface area contributed by atoms with Gasteiger partial charge in [0, 0.05) is 0 Å². The Labute approximate surface area is 163 Å². The molecule has 5 heteroatoms. The first-order chi connectivity index (χ1) is 12.3. The molecule has 0 aliphatic carbocycles. The van der Waals surface area contributed by atoms with Crippen molar-refractivity contribution >= 4 is 10.4 Å². The summed E-state index contributed by atoms with van der Waals surface area (Å²) in [4.78, 5) is 0. The molecule has 0 aromatic carbocycles. The zero-order valence-corrected chi connectivity index (χ0v) is 18.4. The summed E-state index contributed by atoms with van der Waals surface area (Å²) in [7, 11) is -4.35. The molecule has 0 radical (unpaired) electrons. The van der Waals surface area contributed by atoms with Gasteiger partial charge in [-0.05, 0) is 20.3 Å². The Morgan fingerprint density at radius 2 is 0.962 bits per heavy atom. The van der Waals surface area contributed by atoms with E-state index in [0.29, 0.717) is 6.42 Å². The van der Waals surface area contributed by atoms with Crippen LogP contribution in [0.1, 0.15) is 130 Å². The first kappa shape index (κ1) is 25.9. The van der Waals surface area contributed by atoms with Crippen LogP contribution in [-0.4, -0.2) is 18.6 Å². The van der Waals surface area contributed by atoms with Gasteiger partial charge in [0.15, 0.2) is 0 Å². The molecule has 0 saturated carbocycles. The summed E-state index contributed by atoms with van der Waals surface area (Å²) in [6.07, 6.45) is 21.7. The fraction of sp³-hybridized carbons (Fsp3) is 1.00. The highest BCUT2D eigenvalue weighted by molar-refractivity contribution is 7.80. The van der Waals surface area contributed by atoms with Crippen LogP contribution < -0.4 is 0 Å². The zero-order chi connectivity index (χ0) is 19.7. The van der Waals surface area contributed by atoms with Gasteiger partial charge in [0.1, 0.15) is 0 Å². The first-order valence-electron chi connectivity index (χ1n) is 10.9. The summed E-state index contributed by atoms with van der Waals surface area (Å²) in [5.41, 5.74) is -0.816. The third-order valence-electron chi connectivity index (χ3n) is 4.96. The summed E-state index contributed by atoms with van der Waals surface area (Å²) in [5, 5.41) is 0. The van der Waals surface area contributed by atoms with Gasteiger partial charge in [-0.15, -0.1) is 0 Å². The van der Waals surface area contributed by atoms with Crippen molar-refractivity contribution in [2.75, 3.05) is 0 Å². The SMILES string of the molecule is CCCCCCCCCCCCCCCCCCC(C)(C)OS(=O)(=O)O. The van der Waals surface area contributed by atoms with Crippen molar-refractivity contribution in [1.29, 1.82) is 0 Å². The van der Waals surface area contributed by atoms with E-state index < -0.39 is 16.0 Å². The molecule has 0 bridgehead atoms. The largest absolute Gasteiger partial charge is 0.397 e. The van der Waals surface area contributed by atoms with Crippen LogP contribution >= 0.6 is 0 Å². The van der Waals surface area contributed by atoms with Gasteiger partial charge >= 0.3 is 10.4 Å². The third-order valence-corrected chi connectivity index (χ3v) is 5.63. The number of rotatable bonds is 19. The van der Waals surface area contributed by atoms with E-state index in [2.05, 4.69) is 11.1 Å². The van der Waals surface area contributed by atoms with Crippen molar-refractivity contribution < 1.29 is 17.2 Å². The Kier molecular flexibility index (Phi) is 15.8. The third kappa shape index (κ3) is 20.2. The molecule has 0 unspecified atom stereocenters. The maximum absolute atomic E-state index is 10.8. The average molecular weight is 393 g/mol. The minimum atomic E-state index is -4.35. The summed E-state index contributed by atoms with van der Waals surface area (Å²) >= 11 is 0. The molecule has 0 saturated heterocycles. The van der Waals surface area contributed by atoms with Gasteiger partial charge in [-0.1, -0.05) is 110 Å². The van der Waals surface area contributed by atoms with Crippen LogP contribution in [0.4, 0.5) is 0 Å². The van der Waals surface area contributed by atoms with Crippen LogP contribution in [0.15, 0.2) is 0 Å². The fourth-order valence-corrected chi connectivity index (χ4v) is 4.08. The molecular weight excluding hydrogens is 348 g/mol. The first-order valence-corrected chi connectivity index (χ1v) is 12.3. The van der Waals surface area contributed by atoms with E-state index in [1.807, 2.05) is 0 Å². The van der Waals surface area contributed by atoms with E-state index in [0.717, 1.165) is 12.8 Å². The molecule has 0 aliphatic heterocycles. The quantitative estimate of drug-likeness (QED) is 0.186. The summed E-state index contributed by atoms with van der Waals surface area (Å²) in [6.45, 7) is 5.67. The second kappa shape index (κ2) is 15.9. The molecule has 0 aromatic heterocycles. The zero-order valence-electron chi connectivity index (χ0n) is 17.6. The second-order valence-corrected chi connectivity index (χ2v) is 9.35. The van der Waals surface area contributed by atoms with Crippen LogP contribution in [0.25, 0.3) is 0 Å². The van der Waals surface area contributed by atoms with Gasteiger partial charge in [0.05, 0.1) is 5.60 Å². The fourth-order valence-electron chi connectivity index (χ4n) is 3.43. The van der Waals surface area contributed by atoms with Crippen molar-refractivity contribution in [3.8, 4) is 0 Å². The lowest BCUT2D eigenvalue weighted by atomic mass is 9.99. The Morgan fingerprint density at radius 3 is 1.27 bits per heavy atom. The molecular formula is C21H44O4S. The molecule has 0 heterocycles. The molecule has 0 aromatic rings. The molecule has 1 N–H and O–H groups in total. The van der Waals surface area contributed by atoms with Crippen molar-refractivity contribution in [2.24, 2.45) is 0 Å². The van der Waals surface area contributed by atoms with Gasteiger partial charge < -0.3 is 0 Å². The van der Waals surface area contributed by atoms with Crippen LogP contribution in [0.2, 0.25) is 0 Å². The summed E-state index contributed by atoms with van der Waals surface area (Å²) in [5.74, 6) is 0. The number of hydrogen-bond acceptors (Lipinski definition) is 3. The van der Waals surface area contributed by atoms with Gasteiger partial charge in [0.25, 0.3) is 0 Å². The smallest absolute Gasteiger partial charge is 0.264 e. The number of unbranched alkanes of at least 4 members (excludes halogenated alkanes) is 15. The van der Waals surface area contributed by atoms with E-state index in [9.17, 15) is 8.42 Å². The molecule has 4 nitrogen and oxygen atoms in total. The predicted molar refractivity (Wildman–Crippen MR) is 111 cm³/mol. The monoisotopic (exact) mass is 392 g/mol. The highest BCUT2D eigenvalue weighted by atomic mass is 32.3. The predicted octanol–water partition coefficient (Wildman–Crippen LogP) is 7.24. The Morgan fingerprint density at radius 1 is 0.654 bits per heavy atom. The van der Waals surface area contributed by atoms with E-state index in [1.165, 1.54) is 89.9 Å². The average Bonchev–Trinajstić information content (AvgIpc) is 2.52. The molecule has 158 valence electrons. The molecule has 0 rings (SSSR count). The Balaban J connectivity index is 3.27. The van der Waals surface area contributed by atoms with Crippen molar-refractivity contribution in [1.82, 2.24) is 0 Å². The Bertz CT molecular complexity index is 404.